The molecule has 20 heavy (non-hydrogen) atoms. The fourth-order valence-electron chi connectivity index (χ4n) is 1.65. The Hall–Kier alpha value is -1.54. The highest BCUT2D eigenvalue weighted by molar-refractivity contribution is 7.99. The minimum Gasteiger partial charge on any atom is -0.313 e. The third-order valence-corrected chi connectivity index (χ3v) is 3.44. The monoisotopic (exact) mass is 302 g/mol. The van der Waals surface area contributed by atoms with E-state index >= 15 is 0 Å². The van der Waals surface area contributed by atoms with E-state index in [1.165, 1.54) is 12.4 Å². The molecule has 1 aromatic heterocycles. The van der Waals surface area contributed by atoms with E-state index in [4.69, 9.17) is 0 Å². The topological polar surface area (TPSA) is 53.6 Å². The lowest BCUT2D eigenvalue weighted by molar-refractivity contribution is -0.138. The van der Waals surface area contributed by atoms with Crippen LogP contribution >= 0.6 is 11.8 Å². The van der Waals surface area contributed by atoms with Gasteiger partial charge in [-0.25, -0.2) is 4.98 Å². The number of hydrogen-bond acceptors (Lipinski definition) is 4. The van der Waals surface area contributed by atoms with Gasteiger partial charge in [-0.1, -0.05) is 24.8 Å². The van der Waals surface area contributed by atoms with Gasteiger partial charge in [0.1, 0.15) is 6.33 Å². The first-order valence-electron chi connectivity index (χ1n) is 5.94. The summed E-state index contributed by atoms with van der Waals surface area (Å²) >= 11 is 1.11. The highest BCUT2D eigenvalue weighted by atomic mass is 32.2. The lowest BCUT2D eigenvalue weighted by atomic mass is 10.1. The van der Waals surface area contributed by atoms with E-state index in [1.807, 2.05) is 6.92 Å². The van der Waals surface area contributed by atoms with Crippen LogP contribution in [0.1, 0.15) is 18.1 Å². The third-order valence-electron chi connectivity index (χ3n) is 2.56. The molecule has 0 aliphatic carbocycles. The number of aromatic nitrogens is 3. The van der Waals surface area contributed by atoms with Crippen LogP contribution in [0, 0.1) is 0 Å². The van der Waals surface area contributed by atoms with E-state index in [0.29, 0.717) is 16.6 Å². The fraction of sp³-hybridized carbons (Fsp3) is 0.333. The Kier molecular flexibility index (Phi) is 4.66. The molecule has 2 aromatic rings. The SMILES string of the molecule is CCNCc1ccc(Sc2ncn[nH]2)cc1C(F)(F)F. The molecule has 1 heterocycles. The van der Waals surface area contributed by atoms with E-state index in [-0.39, 0.29) is 12.1 Å². The van der Waals surface area contributed by atoms with Crippen LogP contribution in [0.15, 0.2) is 34.6 Å². The molecule has 0 saturated heterocycles. The van der Waals surface area contributed by atoms with Crippen LogP contribution in [0.4, 0.5) is 13.2 Å². The van der Waals surface area contributed by atoms with Crippen molar-refractivity contribution in [3.8, 4) is 0 Å². The number of rotatable bonds is 5. The first kappa shape index (κ1) is 14.9. The normalized spacial score (nSPS) is 11.8. The predicted octanol–water partition coefficient (Wildman–Crippen LogP) is 3.08. The third kappa shape index (κ3) is 3.73. The molecule has 8 heteroatoms. The summed E-state index contributed by atoms with van der Waals surface area (Å²) in [7, 11) is 0. The smallest absolute Gasteiger partial charge is 0.313 e. The van der Waals surface area contributed by atoms with Crippen LogP contribution in [0.2, 0.25) is 0 Å². The van der Waals surface area contributed by atoms with Crippen molar-refractivity contribution in [3.05, 3.63) is 35.7 Å². The number of nitrogens with one attached hydrogen (secondary N) is 2. The summed E-state index contributed by atoms with van der Waals surface area (Å²) in [6.07, 6.45) is -3.06. The van der Waals surface area contributed by atoms with E-state index in [2.05, 4.69) is 20.5 Å². The number of aromatic amines is 1. The van der Waals surface area contributed by atoms with Gasteiger partial charge in [0.15, 0.2) is 5.16 Å². The molecule has 0 amide bonds. The molecule has 0 radical (unpaired) electrons. The van der Waals surface area contributed by atoms with Crippen LogP contribution in [-0.4, -0.2) is 21.7 Å². The first-order valence-corrected chi connectivity index (χ1v) is 6.76. The molecule has 0 bridgehead atoms. The van der Waals surface area contributed by atoms with E-state index in [1.54, 1.807) is 6.07 Å². The molecule has 0 aliphatic heterocycles. The minimum atomic E-state index is -4.37. The van der Waals surface area contributed by atoms with Crippen molar-refractivity contribution in [2.24, 2.45) is 0 Å². The number of alkyl halides is 3. The average Bonchev–Trinajstić information content (AvgIpc) is 2.89. The second-order valence-corrected chi connectivity index (χ2v) is 5.05. The van der Waals surface area contributed by atoms with E-state index in [0.717, 1.165) is 17.8 Å². The number of H-pyrrole nitrogens is 1. The van der Waals surface area contributed by atoms with Gasteiger partial charge in [0.25, 0.3) is 0 Å². The Morgan fingerprint density at radius 1 is 1.35 bits per heavy atom. The van der Waals surface area contributed by atoms with Gasteiger partial charge in [-0.15, -0.1) is 0 Å². The molecule has 0 spiro atoms. The molecule has 0 aliphatic rings. The Labute approximate surface area is 118 Å². The summed E-state index contributed by atoms with van der Waals surface area (Å²) in [5.74, 6) is 0. The Morgan fingerprint density at radius 3 is 2.75 bits per heavy atom. The summed E-state index contributed by atoms with van der Waals surface area (Å²) in [4.78, 5) is 4.35. The molecule has 0 saturated carbocycles. The van der Waals surface area contributed by atoms with Gasteiger partial charge in [-0.05, 0) is 24.2 Å². The van der Waals surface area contributed by atoms with Gasteiger partial charge in [-0.2, -0.15) is 18.3 Å². The van der Waals surface area contributed by atoms with Gasteiger partial charge in [0.05, 0.1) is 5.56 Å². The second kappa shape index (κ2) is 6.27. The average molecular weight is 302 g/mol. The summed E-state index contributed by atoms with van der Waals surface area (Å²) in [5, 5.41) is 9.62. The summed E-state index contributed by atoms with van der Waals surface area (Å²) in [6.45, 7) is 2.66. The van der Waals surface area contributed by atoms with Crippen molar-refractivity contribution in [2.45, 2.75) is 29.7 Å². The van der Waals surface area contributed by atoms with Crippen molar-refractivity contribution in [1.82, 2.24) is 20.5 Å². The molecule has 108 valence electrons. The van der Waals surface area contributed by atoms with Gasteiger partial charge in [0, 0.05) is 11.4 Å². The second-order valence-electron chi connectivity index (χ2n) is 3.99. The maximum atomic E-state index is 13.1. The molecule has 2 N–H and O–H groups in total. The maximum Gasteiger partial charge on any atom is 0.416 e. The van der Waals surface area contributed by atoms with Crippen LogP contribution < -0.4 is 5.32 Å². The minimum absolute atomic E-state index is 0.193. The van der Waals surface area contributed by atoms with Crippen molar-refractivity contribution >= 4 is 11.8 Å². The van der Waals surface area contributed by atoms with E-state index in [9.17, 15) is 13.2 Å². The van der Waals surface area contributed by atoms with Crippen LogP contribution in [0.5, 0.6) is 0 Å². The molecule has 0 atom stereocenters. The van der Waals surface area contributed by atoms with Crippen molar-refractivity contribution in [1.29, 1.82) is 0 Å². The first-order chi connectivity index (χ1) is 9.50. The molecule has 0 unspecified atom stereocenters. The molecule has 1 aromatic carbocycles. The lowest BCUT2D eigenvalue weighted by Gasteiger charge is -2.14. The molecular formula is C12H13F3N4S. The van der Waals surface area contributed by atoms with Gasteiger partial charge >= 0.3 is 6.18 Å². The van der Waals surface area contributed by atoms with E-state index < -0.39 is 11.7 Å². The van der Waals surface area contributed by atoms with Crippen LogP contribution in [0.25, 0.3) is 0 Å². The quantitative estimate of drug-likeness (QED) is 0.891. The predicted molar refractivity (Wildman–Crippen MR) is 69.3 cm³/mol. The maximum absolute atomic E-state index is 13.1. The zero-order valence-corrected chi connectivity index (χ0v) is 11.5. The standard InChI is InChI=1S/C12H13F3N4S/c1-2-16-6-8-3-4-9(5-10(8)12(13,14)15)20-11-17-7-18-19-11/h3-5,7,16H,2,6H2,1H3,(H,17,18,19). The molecule has 0 fully saturated rings. The highest BCUT2D eigenvalue weighted by Gasteiger charge is 2.33. The number of hydrogen-bond donors (Lipinski definition) is 2. The molecule has 2 rings (SSSR count). The molecule has 4 nitrogen and oxygen atoms in total. The zero-order chi connectivity index (χ0) is 14.6. The molecular weight excluding hydrogens is 289 g/mol. The summed E-state index contributed by atoms with van der Waals surface area (Å²) in [6, 6.07) is 4.28. The largest absolute Gasteiger partial charge is 0.416 e. The van der Waals surface area contributed by atoms with Crippen molar-refractivity contribution in [2.75, 3.05) is 6.54 Å². The van der Waals surface area contributed by atoms with Gasteiger partial charge < -0.3 is 5.32 Å². The van der Waals surface area contributed by atoms with Crippen molar-refractivity contribution < 1.29 is 13.2 Å². The number of benzene rings is 1. The number of nitrogens with zero attached hydrogens (tertiary/aromatic N) is 2. The van der Waals surface area contributed by atoms with Gasteiger partial charge in [-0.3, -0.25) is 5.10 Å². The van der Waals surface area contributed by atoms with Crippen LogP contribution in [-0.2, 0) is 12.7 Å². The number of halogens is 3. The van der Waals surface area contributed by atoms with Crippen LogP contribution in [0.3, 0.4) is 0 Å². The zero-order valence-electron chi connectivity index (χ0n) is 10.7. The Bertz CT molecular complexity index is 554. The Morgan fingerprint density at radius 2 is 2.15 bits per heavy atom. The lowest BCUT2D eigenvalue weighted by Crippen LogP contribution is -2.17. The fourth-order valence-corrected chi connectivity index (χ4v) is 2.39. The van der Waals surface area contributed by atoms with Gasteiger partial charge in [0.2, 0.25) is 0 Å². The summed E-state index contributed by atoms with van der Waals surface area (Å²) in [5.41, 5.74) is -0.385. The van der Waals surface area contributed by atoms with Crippen molar-refractivity contribution in [3.63, 3.8) is 0 Å². The summed E-state index contributed by atoms with van der Waals surface area (Å²) < 4.78 is 39.2. The Balaban J connectivity index is 2.28. The highest BCUT2D eigenvalue weighted by Crippen LogP contribution is 2.35.